The topological polar surface area (TPSA) is 129 Å². The van der Waals surface area contributed by atoms with E-state index in [1.807, 2.05) is 0 Å². The van der Waals surface area contributed by atoms with Crippen LogP contribution in [0.2, 0.25) is 0 Å². The highest BCUT2D eigenvalue weighted by Crippen LogP contribution is 2.35. The van der Waals surface area contributed by atoms with Gasteiger partial charge in [0, 0.05) is 0 Å². The van der Waals surface area contributed by atoms with E-state index in [1.165, 1.54) is 32.1 Å². The van der Waals surface area contributed by atoms with Crippen LogP contribution in [0.4, 0.5) is 0 Å². The van der Waals surface area contributed by atoms with Crippen LogP contribution < -0.4 is 0 Å². The molecular formula is C19H34O7S. The van der Waals surface area contributed by atoms with E-state index in [4.69, 9.17) is 0 Å². The summed E-state index contributed by atoms with van der Waals surface area (Å²) in [5.41, 5.74) is 0. The highest BCUT2D eigenvalue weighted by atomic mass is 32.2. The molecule has 2 atom stereocenters. The van der Waals surface area contributed by atoms with E-state index in [0.717, 1.165) is 25.3 Å². The molecule has 0 bridgehead atoms. The summed E-state index contributed by atoms with van der Waals surface area (Å²) in [5, 5.41) is 18.8. The first-order valence-corrected chi connectivity index (χ1v) is 11.1. The van der Waals surface area contributed by atoms with Gasteiger partial charge in [0.05, 0.1) is 5.92 Å². The monoisotopic (exact) mass is 406 g/mol. The van der Waals surface area contributed by atoms with Crippen LogP contribution in [0, 0.1) is 5.92 Å². The molecule has 2 unspecified atom stereocenters. The lowest BCUT2D eigenvalue weighted by atomic mass is 9.84. The van der Waals surface area contributed by atoms with E-state index >= 15 is 0 Å². The molecule has 0 aromatic rings. The molecule has 0 saturated heterocycles. The molecule has 3 N–H and O–H groups in total. The molecule has 0 rings (SSSR count). The first-order valence-electron chi connectivity index (χ1n) is 9.69. The van der Waals surface area contributed by atoms with Crippen molar-refractivity contribution in [2.24, 2.45) is 5.92 Å². The highest BCUT2D eigenvalue weighted by Gasteiger charge is 2.58. The number of carboxylic acid groups (broad SMARTS) is 2. The minimum atomic E-state index is -5.15. The SMILES string of the molecule is C=CCC(C(=O)O)(C(CCCCCCCCCCCC)C(=O)O)S(=O)(=O)O. The number of hydrogen-bond acceptors (Lipinski definition) is 4. The van der Waals surface area contributed by atoms with Crippen LogP contribution in [0.15, 0.2) is 12.7 Å². The first-order chi connectivity index (χ1) is 12.6. The van der Waals surface area contributed by atoms with Gasteiger partial charge in [-0.15, -0.1) is 6.58 Å². The van der Waals surface area contributed by atoms with Crippen LogP contribution in [0.25, 0.3) is 0 Å². The predicted octanol–water partition coefficient (Wildman–Crippen LogP) is 4.29. The average molecular weight is 407 g/mol. The van der Waals surface area contributed by atoms with Gasteiger partial charge in [-0.2, -0.15) is 8.42 Å². The second-order valence-electron chi connectivity index (χ2n) is 7.02. The lowest BCUT2D eigenvalue weighted by molar-refractivity contribution is -0.152. The Hall–Kier alpha value is -1.41. The third-order valence-electron chi connectivity index (χ3n) is 4.98. The van der Waals surface area contributed by atoms with Gasteiger partial charge in [-0.25, -0.2) is 0 Å². The van der Waals surface area contributed by atoms with Crippen LogP contribution in [0.3, 0.4) is 0 Å². The molecule has 27 heavy (non-hydrogen) atoms. The number of carbonyl (C=O) groups is 2. The summed E-state index contributed by atoms with van der Waals surface area (Å²) in [7, 11) is -5.15. The Morgan fingerprint density at radius 3 is 1.74 bits per heavy atom. The van der Waals surface area contributed by atoms with E-state index in [2.05, 4.69) is 13.5 Å². The van der Waals surface area contributed by atoms with Gasteiger partial charge in [0.25, 0.3) is 10.1 Å². The molecular weight excluding hydrogens is 372 g/mol. The molecule has 8 heteroatoms. The normalized spacial score (nSPS) is 15.0. The Labute approximate surface area is 162 Å². The maximum Gasteiger partial charge on any atom is 0.328 e. The number of allylic oxidation sites excluding steroid dienone is 1. The van der Waals surface area contributed by atoms with E-state index in [-0.39, 0.29) is 6.42 Å². The van der Waals surface area contributed by atoms with Crippen LogP contribution in [-0.2, 0) is 19.7 Å². The third-order valence-corrected chi connectivity index (χ3v) is 6.52. The number of aliphatic carboxylic acids is 2. The molecule has 0 amide bonds. The van der Waals surface area contributed by atoms with Crippen LogP contribution in [-0.4, -0.2) is 39.9 Å². The van der Waals surface area contributed by atoms with E-state index in [0.29, 0.717) is 12.8 Å². The lowest BCUT2D eigenvalue weighted by Gasteiger charge is -2.31. The molecule has 0 aliphatic rings. The fraction of sp³-hybridized carbons (Fsp3) is 0.789. The zero-order chi connectivity index (χ0) is 20.9. The van der Waals surface area contributed by atoms with Gasteiger partial charge in [0.15, 0.2) is 0 Å². The largest absolute Gasteiger partial charge is 0.481 e. The number of rotatable bonds is 17. The molecule has 0 aromatic heterocycles. The molecule has 0 radical (unpaired) electrons. The third kappa shape index (κ3) is 8.01. The second kappa shape index (κ2) is 12.9. The van der Waals surface area contributed by atoms with Crippen molar-refractivity contribution in [3.8, 4) is 0 Å². The summed E-state index contributed by atoms with van der Waals surface area (Å²) in [6, 6.07) is 0. The average Bonchev–Trinajstić information content (AvgIpc) is 2.56. The molecule has 0 aliphatic heterocycles. The van der Waals surface area contributed by atoms with Gasteiger partial charge in [-0.1, -0.05) is 77.2 Å². The van der Waals surface area contributed by atoms with Crippen molar-refractivity contribution < 1.29 is 32.8 Å². The van der Waals surface area contributed by atoms with Gasteiger partial charge in [-0.3, -0.25) is 14.1 Å². The van der Waals surface area contributed by atoms with Crippen molar-refractivity contribution in [3.63, 3.8) is 0 Å². The van der Waals surface area contributed by atoms with Crippen LogP contribution in [0.5, 0.6) is 0 Å². The minimum absolute atomic E-state index is 0.133. The van der Waals surface area contributed by atoms with Crippen molar-refractivity contribution in [2.75, 3.05) is 0 Å². The minimum Gasteiger partial charge on any atom is -0.481 e. The molecule has 0 aliphatic carbocycles. The zero-order valence-corrected chi connectivity index (χ0v) is 17.0. The molecule has 7 nitrogen and oxygen atoms in total. The van der Waals surface area contributed by atoms with E-state index in [1.54, 1.807) is 0 Å². The Kier molecular flexibility index (Phi) is 12.2. The fourth-order valence-electron chi connectivity index (χ4n) is 3.38. The van der Waals surface area contributed by atoms with Crippen LogP contribution in [0.1, 0.15) is 84.0 Å². The van der Waals surface area contributed by atoms with Crippen molar-refractivity contribution in [1.82, 2.24) is 0 Å². The Balaban J connectivity index is 4.69. The Morgan fingerprint density at radius 1 is 0.963 bits per heavy atom. The van der Waals surface area contributed by atoms with Gasteiger partial charge < -0.3 is 10.2 Å². The molecule has 0 fully saturated rings. The second-order valence-corrected chi connectivity index (χ2v) is 8.70. The van der Waals surface area contributed by atoms with Crippen molar-refractivity contribution in [1.29, 1.82) is 0 Å². The smallest absolute Gasteiger partial charge is 0.328 e. The summed E-state index contributed by atoms with van der Waals surface area (Å²) in [4.78, 5) is 23.2. The van der Waals surface area contributed by atoms with Crippen LogP contribution >= 0.6 is 0 Å². The van der Waals surface area contributed by atoms with Gasteiger partial charge in [0.1, 0.15) is 0 Å². The van der Waals surface area contributed by atoms with Gasteiger partial charge in [-0.05, 0) is 12.8 Å². The number of hydrogen-bond donors (Lipinski definition) is 3. The molecule has 0 aromatic carbocycles. The molecule has 0 heterocycles. The van der Waals surface area contributed by atoms with Gasteiger partial charge >= 0.3 is 11.9 Å². The molecule has 0 spiro atoms. The molecule has 0 saturated carbocycles. The summed E-state index contributed by atoms with van der Waals surface area (Å²) in [5.74, 6) is -5.16. The predicted molar refractivity (Wildman–Crippen MR) is 104 cm³/mol. The Bertz CT molecular complexity index is 571. The lowest BCUT2D eigenvalue weighted by Crippen LogP contribution is -2.54. The highest BCUT2D eigenvalue weighted by molar-refractivity contribution is 7.88. The summed E-state index contributed by atoms with van der Waals surface area (Å²) >= 11 is 0. The fourth-order valence-corrected chi connectivity index (χ4v) is 4.51. The Morgan fingerprint density at radius 2 is 1.41 bits per heavy atom. The van der Waals surface area contributed by atoms with Crippen molar-refractivity contribution >= 4 is 22.1 Å². The quantitative estimate of drug-likeness (QED) is 0.187. The maximum atomic E-state index is 11.8. The summed E-state index contributed by atoms with van der Waals surface area (Å²) in [6.07, 6.45) is 10.4. The van der Waals surface area contributed by atoms with E-state index in [9.17, 15) is 32.8 Å². The van der Waals surface area contributed by atoms with E-state index < -0.39 is 39.1 Å². The maximum absolute atomic E-state index is 11.8. The standard InChI is InChI=1S/C19H34O7S/c1-3-5-6-7-8-9-10-11-12-13-14-16(17(20)21)19(15-4-2,18(22)23)27(24,25)26/h4,16H,2-3,5-15H2,1H3,(H,20,21)(H,22,23)(H,24,25,26). The van der Waals surface area contributed by atoms with Crippen molar-refractivity contribution in [2.45, 2.75) is 88.7 Å². The summed E-state index contributed by atoms with van der Waals surface area (Å²) < 4.78 is 30.2. The number of unbranched alkanes of at least 4 members (excludes halogenated alkanes) is 9. The summed E-state index contributed by atoms with van der Waals surface area (Å²) in [6.45, 7) is 5.48. The van der Waals surface area contributed by atoms with Crippen molar-refractivity contribution in [3.05, 3.63) is 12.7 Å². The molecule has 158 valence electrons. The zero-order valence-electron chi connectivity index (χ0n) is 16.2. The number of carboxylic acids is 2. The first kappa shape index (κ1) is 25.6. The van der Waals surface area contributed by atoms with Gasteiger partial charge in [0.2, 0.25) is 4.75 Å².